The molecule has 0 aliphatic carbocycles. The van der Waals surface area contributed by atoms with Crippen LogP contribution in [0.15, 0.2) is 34.9 Å². The first-order valence-electron chi connectivity index (χ1n) is 5.37. The summed E-state index contributed by atoms with van der Waals surface area (Å²) in [6, 6.07) is 4.73. The first-order chi connectivity index (χ1) is 8.99. The van der Waals surface area contributed by atoms with Crippen LogP contribution >= 0.6 is 0 Å². The molecule has 0 aliphatic rings. The smallest absolute Gasteiger partial charge is 0.335 e. The fourth-order valence-electron chi connectivity index (χ4n) is 1.56. The number of carboxylic acids is 1. The van der Waals surface area contributed by atoms with Gasteiger partial charge >= 0.3 is 5.97 Å². The van der Waals surface area contributed by atoms with E-state index < -0.39 is 17.7 Å². The lowest BCUT2D eigenvalue weighted by Gasteiger charge is -2.06. The molecule has 19 heavy (non-hydrogen) atoms. The Morgan fingerprint density at radius 1 is 1.32 bits per heavy atom. The minimum absolute atomic E-state index is 0.0874. The number of hydrogen-bond acceptors (Lipinski definition) is 3. The lowest BCUT2D eigenvalue weighted by molar-refractivity contribution is 0.0696. The van der Waals surface area contributed by atoms with Gasteiger partial charge in [0.1, 0.15) is 11.6 Å². The Bertz CT molecular complexity index is 648. The average Bonchev–Trinajstić information content (AvgIpc) is 2.77. The fourth-order valence-corrected chi connectivity index (χ4v) is 1.56. The molecule has 0 atom stereocenters. The van der Waals surface area contributed by atoms with Crippen molar-refractivity contribution in [3.63, 3.8) is 0 Å². The largest absolute Gasteiger partial charge is 0.478 e. The summed E-state index contributed by atoms with van der Waals surface area (Å²) in [5.74, 6) is -2.15. The van der Waals surface area contributed by atoms with Crippen molar-refractivity contribution >= 4 is 17.6 Å². The molecule has 1 aromatic carbocycles. The third kappa shape index (κ3) is 2.62. The highest BCUT2D eigenvalue weighted by atomic mass is 19.1. The predicted octanol–water partition coefficient (Wildman–Crippen LogP) is 2.68. The number of carboxylic acid groups (broad SMARTS) is 1. The maximum Gasteiger partial charge on any atom is 0.335 e. The summed E-state index contributed by atoms with van der Waals surface area (Å²) in [6.07, 6.45) is 1.36. The van der Waals surface area contributed by atoms with Crippen LogP contribution in [0.2, 0.25) is 0 Å². The molecule has 98 valence electrons. The van der Waals surface area contributed by atoms with Crippen LogP contribution in [0.3, 0.4) is 0 Å². The quantitative estimate of drug-likeness (QED) is 0.892. The molecule has 0 fully saturated rings. The number of amides is 1. The van der Waals surface area contributed by atoms with Crippen LogP contribution in [0, 0.1) is 12.7 Å². The van der Waals surface area contributed by atoms with E-state index in [1.165, 1.54) is 24.5 Å². The van der Waals surface area contributed by atoms with Crippen LogP contribution in [0.25, 0.3) is 0 Å². The molecule has 0 saturated carbocycles. The van der Waals surface area contributed by atoms with Gasteiger partial charge in [0.2, 0.25) is 0 Å². The molecule has 2 aromatic rings. The van der Waals surface area contributed by atoms with Crippen molar-refractivity contribution in [2.24, 2.45) is 0 Å². The van der Waals surface area contributed by atoms with Crippen molar-refractivity contribution < 1.29 is 23.5 Å². The zero-order valence-electron chi connectivity index (χ0n) is 9.94. The number of carbonyl (C=O) groups excluding carboxylic acids is 1. The second kappa shape index (κ2) is 4.93. The summed E-state index contributed by atoms with van der Waals surface area (Å²) in [5.41, 5.74) is 0.0206. The molecule has 2 rings (SSSR count). The second-order valence-electron chi connectivity index (χ2n) is 3.84. The highest BCUT2D eigenvalue weighted by Gasteiger charge is 2.14. The first kappa shape index (κ1) is 12.8. The van der Waals surface area contributed by atoms with Crippen molar-refractivity contribution in [3.8, 4) is 0 Å². The van der Waals surface area contributed by atoms with Crippen molar-refractivity contribution in [3.05, 3.63) is 53.2 Å². The highest BCUT2D eigenvalue weighted by molar-refractivity contribution is 6.05. The van der Waals surface area contributed by atoms with Gasteiger partial charge in [0.15, 0.2) is 0 Å². The lowest BCUT2D eigenvalue weighted by atomic mass is 10.2. The monoisotopic (exact) mass is 263 g/mol. The van der Waals surface area contributed by atoms with Crippen molar-refractivity contribution in [2.75, 3.05) is 5.32 Å². The van der Waals surface area contributed by atoms with Crippen LogP contribution in [-0.4, -0.2) is 17.0 Å². The summed E-state index contributed by atoms with van der Waals surface area (Å²) in [6.45, 7) is 1.61. The van der Waals surface area contributed by atoms with E-state index in [0.717, 1.165) is 6.07 Å². The molecule has 0 unspecified atom stereocenters. The first-order valence-corrected chi connectivity index (χ1v) is 5.37. The van der Waals surface area contributed by atoms with Crippen molar-refractivity contribution in [1.82, 2.24) is 0 Å². The normalized spacial score (nSPS) is 10.2. The molecular formula is C13H10FNO4. The van der Waals surface area contributed by atoms with Crippen molar-refractivity contribution in [1.29, 1.82) is 0 Å². The molecule has 0 spiro atoms. The van der Waals surface area contributed by atoms with E-state index in [2.05, 4.69) is 5.32 Å². The molecule has 0 bridgehead atoms. The van der Waals surface area contributed by atoms with Gasteiger partial charge < -0.3 is 14.8 Å². The van der Waals surface area contributed by atoms with Gasteiger partial charge in [-0.3, -0.25) is 4.79 Å². The third-order valence-corrected chi connectivity index (χ3v) is 2.57. The van der Waals surface area contributed by atoms with E-state index in [1.54, 1.807) is 6.92 Å². The molecule has 0 saturated heterocycles. The van der Waals surface area contributed by atoms with Crippen LogP contribution in [0.5, 0.6) is 0 Å². The topological polar surface area (TPSA) is 79.5 Å². The number of nitrogens with one attached hydrogen (secondary N) is 1. The zero-order chi connectivity index (χ0) is 14.0. The molecule has 1 aromatic heterocycles. The standard InChI is InChI=1S/C13H10FNO4/c1-7-9(4-5-19-7)12(16)15-11-3-2-8(13(17)18)6-10(11)14/h2-6H,1H3,(H,15,16)(H,17,18). The van der Waals surface area contributed by atoms with Crippen LogP contribution in [0.1, 0.15) is 26.5 Å². The molecule has 2 N–H and O–H groups in total. The van der Waals surface area contributed by atoms with Gasteiger partial charge in [0.25, 0.3) is 5.91 Å². The molecular weight excluding hydrogens is 253 g/mol. The number of anilines is 1. The Labute approximate surface area is 107 Å². The number of halogens is 1. The van der Waals surface area contributed by atoms with E-state index in [-0.39, 0.29) is 11.3 Å². The SMILES string of the molecule is Cc1occc1C(=O)Nc1ccc(C(=O)O)cc1F. The van der Waals surface area contributed by atoms with Gasteiger partial charge in [0, 0.05) is 0 Å². The Hall–Kier alpha value is -2.63. The Balaban J connectivity index is 2.23. The summed E-state index contributed by atoms with van der Waals surface area (Å²) in [5, 5.41) is 11.1. The van der Waals surface area contributed by atoms with Crippen LogP contribution < -0.4 is 5.32 Å². The van der Waals surface area contributed by atoms with Crippen LogP contribution in [0.4, 0.5) is 10.1 Å². The number of hydrogen-bond donors (Lipinski definition) is 2. The van der Waals surface area contributed by atoms with Gasteiger partial charge in [-0.2, -0.15) is 0 Å². The number of benzene rings is 1. The van der Waals surface area contributed by atoms with Gasteiger partial charge in [-0.15, -0.1) is 0 Å². The van der Waals surface area contributed by atoms with Crippen molar-refractivity contribution in [2.45, 2.75) is 6.92 Å². The number of furan rings is 1. The summed E-state index contributed by atoms with van der Waals surface area (Å²) in [7, 11) is 0. The molecule has 0 aliphatic heterocycles. The number of rotatable bonds is 3. The minimum atomic E-state index is -1.23. The van der Waals surface area contributed by atoms with E-state index in [0.29, 0.717) is 11.3 Å². The minimum Gasteiger partial charge on any atom is -0.478 e. The average molecular weight is 263 g/mol. The number of carbonyl (C=O) groups is 2. The predicted molar refractivity (Wildman–Crippen MR) is 64.8 cm³/mol. The molecule has 5 nitrogen and oxygen atoms in total. The number of aromatic carboxylic acids is 1. The zero-order valence-corrected chi connectivity index (χ0v) is 9.94. The maximum absolute atomic E-state index is 13.6. The van der Waals surface area contributed by atoms with Gasteiger partial charge in [-0.25, -0.2) is 9.18 Å². The summed E-state index contributed by atoms with van der Waals surface area (Å²) >= 11 is 0. The fraction of sp³-hybridized carbons (Fsp3) is 0.0769. The molecule has 1 amide bonds. The number of aryl methyl sites for hydroxylation is 1. The second-order valence-corrected chi connectivity index (χ2v) is 3.84. The summed E-state index contributed by atoms with van der Waals surface area (Å²) < 4.78 is 18.6. The van der Waals surface area contributed by atoms with Crippen LogP contribution in [-0.2, 0) is 0 Å². The molecule has 0 radical (unpaired) electrons. The molecule has 1 heterocycles. The highest BCUT2D eigenvalue weighted by Crippen LogP contribution is 2.18. The van der Waals surface area contributed by atoms with E-state index in [1.807, 2.05) is 0 Å². The maximum atomic E-state index is 13.6. The van der Waals surface area contributed by atoms with E-state index in [9.17, 15) is 14.0 Å². The van der Waals surface area contributed by atoms with E-state index >= 15 is 0 Å². The third-order valence-electron chi connectivity index (χ3n) is 2.57. The van der Waals surface area contributed by atoms with Gasteiger partial charge in [0.05, 0.1) is 23.1 Å². The van der Waals surface area contributed by atoms with Gasteiger partial charge in [-0.1, -0.05) is 0 Å². The Morgan fingerprint density at radius 3 is 2.58 bits per heavy atom. The summed E-state index contributed by atoms with van der Waals surface area (Å²) in [4.78, 5) is 22.5. The molecule has 6 heteroatoms. The Kier molecular flexibility index (Phi) is 3.33. The van der Waals surface area contributed by atoms with Gasteiger partial charge in [-0.05, 0) is 31.2 Å². The Morgan fingerprint density at radius 2 is 2.05 bits per heavy atom. The van der Waals surface area contributed by atoms with E-state index in [4.69, 9.17) is 9.52 Å². The lowest BCUT2D eigenvalue weighted by Crippen LogP contribution is -2.13.